The molecule has 0 fully saturated rings. The van der Waals surface area contributed by atoms with Crippen LogP contribution < -0.4 is 5.73 Å². The Kier molecular flexibility index (Phi) is 5.93. The number of aromatic nitrogens is 1. The Morgan fingerprint density at radius 3 is 2.20 bits per heavy atom. The average Bonchev–Trinajstić information content (AvgIpc) is 2.01. The summed E-state index contributed by atoms with van der Waals surface area (Å²) in [7, 11) is 0. The molecule has 0 saturated carbocycles. The standard InChI is InChI=1S/C5H4BrN.C5H11NO2/c6-5-3-1-2-4-7-5;1-5(2,3)8-4(6)7/h1-4H;1-3H3,(H2,6,7). The van der Waals surface area contributed by atoms with Crippen LogP contribution in [0.2, 0.25) is 0 Å². The normalized spacial score (nSPS) is 9.87. The molecule has 5 heteroatoms. The van der Waals surface area contributed by atoms with Crippen molar-refractivity contribution in [3.8, 4) is 0 Å². The zero-order valence-corrected chi connectivity index (χ0v) is 10.6. The minimum atomic E-state index is -0.725. The van der Waals surface area contributed by atoms with Gasteiger partial charge in [-0.1, -0.05) is 6.07 Å². The third-order valence-electron chi connectivity index (χ3n) is 1.04. The monoisotopic (exact) mass is 274 g/mol. The first-order valence-corrected chi connectivity index (χ1v) is 5.15. The van der Waals surface area contributed by atoms with Crippen LogP contribution >= 0.6 is 15.9 Å². The summed E-state index contributed by atoms with van der Waals surface area (Å²) in [6.45, 7) is 5.28. The molecule has 1 rings (SSSR count). The van der Waals surface area contributed by atoms with E-state index in [9.17, 15) is 4.79 Å². The van der Waals surface area contributed by atoms with Crippen LogP contribution in [0.5, 0.6) is 0 Å². The number of nitrogens with two attached hydrogens (primary N) is 1. The highest BCUT2D eigenvalue weighted by molar-refractivity contribution is 9.10. The fourth-order valence-electron chi connectivity index (χ4n) is 0.644. The largest absolute Gasteiger partial charge is 0.444 e. The molecule has 0 saturated heterocycles. The summed E-state index contributed by atoms with van der Waals surface area (Å²) in [6, 6.07) is 5.70. The molecule has 0 bridgehead atoms. The van der Waals surface area contributed by atoms with Crippen molar-refractivity contribution in [2.24, 2.45) is 5.73 Å². The molecule has 0 aromatic carbocycles. The molecule has 2 N–H and O–H groups in total. The highest BCUT2D eigenvalue weighted by atomic mass is 79.9. The van der Waals surface area contributed by atoms with E-state index in [2.05, 4.69) is 25.7 Å². The van der Waals surface area contributed by atoms with Gasteiger partial charge in [0, 0.05) is 6.20 Å². The van der Waals surface area contributed by atoms with Gasteiger partial charge < -0.3 is 10.5 Å². The van der Waals surface area contributed by atoms with Crippen molar-refractivity contribution in [3.05, 3.63) is 29.0 Å². The first-order chi connectivity index (χ1) is 6.81. The Hall–Kier alpha value is -1.10. The predicted molar refractivity (Wildman–Crippen MR) is 62.4 cm³/mol. The number of pyridine rings is 1. The van der Waals surface area contributed by atoms with Crippen LogP contribution in [0.3, 0.4) is 0 Å². The van der Waals surface area contributed by atoms with Crippen molar-refractivity contribution < 1.29 is 9.53 Å². The Balaban J connectivity index is 0.000000262. The van der Waals surface area contributed by atoms with Crippen LogP contribution in [-0.4, -0.2) is 16.7 Å². The molecule has 1 aromatic heterocycles. The summed E-state index contributed by atoms with van der Waals surface area (Å²) in [5.41, 5.74) is 4.26. The van der Waals surface area contributed by atoms with E-state index in [4.69, 9.17) is 5.73 Å². The van der Waals surface area contributed by atoms with Crippen molar-refractivity contribution in [1.82, 2.24) is 4.98 Å². The lowest BCUT2D eigenvalue weighted by Crippen LogP contribution is -2.27. The summed E-state index contributed by atoms with van der Waals surface area (Å²) < 4.78 is 5.46. The highest BCUT2D eigenvalue weighted by Gasteiger charge is 2.12. The maximum Gasteiger partial charge on any atom is 0.405 e. The minimum Gasteiger partial charge on any atom is -0.444 e. The Bertz CT molecular complexity index is 296. The molecular weight excluding hydrogens is 260 g/mol. The number of nitrogens with zero attached hydrogens (tertiary/aromatic N) is 1. The third-order valence-corrected chi connectivity index (χ3v) is 1.50. The van der Waals surface area contributed by atoms with Crippen LogP contribution in [0.25, 0.3) is 0 Å². The molecule has 0 radical (unpaired) electrons. The summed E-state index contributed by atoms with van der Waals surface area (Å²) >= 11 is 3.20. The molecule has 4 nitrogen and oxygen atoms in total. The number of hydrogen-bond acceptors (Lipinski definition) is 3. The van der Waals surface area contributed by atoms with Gasteiger partial charge in [-0.3, -0.25) is 0 Å². The highest BCUT2D eigenvalue weighted by Crippen LogP contribution is 2.04. The summed E-state index contributed by atoms with van der Waals surface area (Å²) in [4.78, 5) is 13.9. The number of carbonyl (C=O) groups excluding carboxylic acids is 1. The van der Waals surface area contributed by atoms with Gasteiger partial charge in [-0.25, -0.2) is 9.78 Å². The smallest absolute Gasteiger partial charge is 0.405 e. The number of amides is 1. The predicted octanol–water partition coefficient (Wildman–Crippen LogP) is 2.72. The average molecular weight is 275 g/mol. The fourth-order valence-corrected chi connectivity index (χ4v) is 0.915. The van der Waals surface area contributed by atoms with Gasteiger partial charge in [-0.2, -0.15) is 0 Å². The van der Waals surface area contributed by atoms with Gasteiger partial charge in [0.25, 0.3) is 0 Å². The minimum absolute atomic E-state index is 0.453. The Labute approximate surface area is 98.0 Å². The summed E-state index contributed by atoms with van der Waals surface area (Å²) in [5.74, 6) is 0. The molecule has 1 heterocycles. The summed E-state index contributed by atoms with van der Waals surface area (Å²) in [5, 5.41) is 0. The van der Waals surface area contributed by atoms with E-state index in [-0.39, 0.29) is 0 Å². The zero-order valence-electron chi connectivity index (χ0n) is 9.03. The van der Waals surface area contributed by atoms with Crippen molar-refractivity contribution >= 4 is 22.0 Å². The quantitative estimate of drug-likeness (QED) is 0.740. The summed E-state index contributed by atoms with van der Waals surface area (Å²) in [6.07, 6.45) is 1.02. The van der Waals surface area contributed by atoms with Gasteiger partial charge in [0.2, 0.25) is 0 Å². The van der Waals surface area contributed by atoms with Crippen LogP contribution in [0.4, 0.5) is 4.79 Å². The lowest BCUT2D eigenvalue weighted by molar-refractivity contribution is 0.0600. The van der Waals surface area contributed by atoms with E-state index in [0.717, 1.165) is 4.60 Å². The number of halogens is 1. The Morgan fingerprint density at radius 2 is 2.07 bits per heavy atom. The molecule has 0 unspecified atom stereocenters. The van der Waals surface area contributed by atoms with Gasteiger partial charge in [0.05, 0.1) is 0 Å². The number of ether oxygens (including phenoxy) is 1. The lowest BCUT2D eigenvalue weighted by Gasteiger charge is -2.16. The topological polar surface area (TPSA) is 65.2 Å². The molecule has 15 heavy (non-hydrogen) atoms. The number of rotatable bonds is 0. The van der Waals surface area contributed by atoms with E-state index in [1.54, 1.807) is 27.0 Å². The van der Waals surface area contributed by atoms with Crippen LogP contribution in [0.1, 0.15) is 20.8 Å². The van der Waals surface area contributed by atoms with E-state index in [1.165, 1.54) is 0 Å². The molecule has 1 amide bonds. The van der Waals surface area contributed by atoms with Gasteiger partial charge in [0.15, 0.2) is 0 Å². The lowest BCUT2D eigenvalue weighted by atomic mass is 10.2. The maximum absolute atomic E-state index is 10.0. The van der Waals surface area contributed by atoms with Gasteiger partial charge >= 0.3 is 6.09 Å². The molecule has 1 aromatic rings. The molecule has 0 spiro atoms. The van der Waals surface area contributed by atoms with Gasteiger partial charge in [0.1, 0.15) is 10.2 Å². The second-order valence-corrected chi connectivity index (χ2v) is 4.50. The van der Waals surface area contributed by atoms with Crippen molar-refractivity contribution in [3.63, 3.8) is 0 Å². The molecular formula is C10H15BrN2O2. The number of hydrogen-bond donors (Lipinski definition) is 1. The first-order valence-electron chi connectivity index (χ1n) is 4.36. The van der Waals surface area contributed by atoms with Crippen LogP contribution in [0.15, 0.2) is 29.0 Å². The molecule has 84 valence electrons. The maximum atomic E-state index is 10.0. The second-order valence-electron chi connectivity index (χ2n) is 3.69. The van der Waals surface area contributed by atoms with Crippen molar-refractivity contribution in [2.45, 2.75) is 26.4 Å². The van der Waals surface area contributed by atoms with Gasteiger partial charge in [-0.05, 0) is 48.8 Å². The van der Waals surface area contributed by atoms with E-state index in [1.807, 2.05) is 18.2 Å². The molecule has 0 atom stereocenters. The second kappa shape index (κ2) is 6.40. The van der Waals surface area contributed by atoms with E-state index < -0.39 is 11.7 Å². The van der Waals surface area contributed by atoms with Crippen LogP contribution in [0, 0.1) is 0 Å². The SMILES string of the molecule is Brc1ccccn1.CC(C)(C)OC(N)=O. The number of primary amides is 1. The molecule has 0 aliphatic carbocycles. The molecule has 0 aliphatic rings. The Morgan fingerprint density at radius 1 is 1.47 bits per heavy atom. The fraction of sp³-hybridized carbons (Fsp3) is 0.400. The molecule has 0 aliphatic heterocycles. The van der Waals surface area contributed by atoms with Crippen LogP contribution in [-0.2, 0) is 4.74 Å². The number of carbonyl (C=O) groups is 1. The van der Waals surface area contributed by atoms with E-state index in [0.29, 0.717) is 0 Å². The first kappa shape index (κ1) is 13.9. The van der Waals surface area contributed by atoms with Crippen molar-refractivity contribution in [2.75, 3.05) is 0 Å². The van der Waals surface area contributed by atoms with Gasteiger partial charge in [-0.15, -0.1) is 0 Å². The zero-order chi connectivity index (χ0) is 11.9. The van der Waals surface area contributed by atoms with Crippen molar-refractivity contribution in [1.29, 1.82) is 0 Å². The van der Waals surface area contributed by atoms with E-state index >= 15 is 0 Å². The third kappa shape index (κ3) is 10.8.